The van der Waals surface area contributed by atoms with Crippen molar-refractivity contribution in [2.24, 2.45) is 0 Å². The van der Waals surface area contributed by atoms with Crippen LogP contribution in [0.1, 0.15) is 66.7 Å². The molecule has 1 aliphatic heterocycles. The summed E-state index contributed by atoms with van der Waals surface area (Å²) in [5, 5.41) is 10.4. The maximum atomic E-state index is 15.4. The first-order chi connectivity index (χ1) is 19.2. The molecule has 1 heterocycles. The fraction of sp³-hybridized carbons (Fsp3) is 0.406. The van der Waals surface area contributed by atoms with E-state index in [1.54, 1.807) is 27.7 Å². The SMILES string of the molecule is Cc1c(CCc2ccccc2)c(NS(C)(=O)=O)c(C)c([C@H](OC(C)(C)C)C(=O)O)c1-c1cc(F)c2c(c1)CCCO2. The number of anilines is 1. The molecular weight excluding hydrogens is 545 g/mol. The molecule has 0 spiro atoms. The van der Waals surface area contributed by atoms with Crippen molar-refractivity contribution < 1.29 is 32.2 Å². The third-order valence-electron chi connectivity index (χ3n) is 7.18. The lowest BCUT2D eigenvalue weighted by Crippen LogP contribution is -2.29. The summed E-state index contributed by atoms with van der Waals surface area (Å²) < 4.78 is 54.9. The predicted molar refractivity (Wildman–Crippen MR) is 159 cm³/mol. The van der Waals surface area contributed by atoms with E-state index in [9.17, 15) is 18.3 Å². The second-order valence-electron chi connectivity index (χ2n) is 11.6. The van der Waals surface area contributed by atoms with Crippen LogP contribution < -0.4 is 9.46 Å². The number of ether oxygens (including phenoxy) is 2. The first kappa shape index (κ1) is 30.5. The van der Waals surface area contributed by atoms with Gasteiger partial charge in [-0.15, -0.1) is 0 Å². The summed E-state index contributed by atoms with van der Waals surface area (Å²) >= 11 is 0. The molecule has 1 atom stereocenters. The van der Waals surface area contributed by atoms with Crippen molar-refractivity contribution in [2.75, 3.05) is 17.6 Å². The van der Waals surface area contributed by atoms with Crippen LogP contribution in [0.2, 0.25) is 0 Å². The van der Waals surface area contributed by atoms with Gasteiger partial charge in [0.05, 0.1) is 24.2 Å². The van der Waals surface area contributed by atoms with E-state index >= 15 is 4.39 Å². The molecule has 41 heavy (non-hydrogen) atoms. The van der Waals surface area contributed by atoms with Crippen LogP contribution in [0.5, 0.6) is 5.75 Å². The maximum absolute atomic E-state index is 15.4. The minimum atomic E-state index is -3.73. The van der Waals surface area contributed by atoms with Crippen LogP contribution in [0, 0.1) is 19.7 Å². The van der Waals surface area contributed by atoms with E-state index in [0.717, 1.165) is 18.2 Å². The highest BCUT2D eigenvalue weighted by atomic mass is 32.2. The number of aliphatic carboxylic acids is 1. The van der Waals surface area contributed by atoms with E-state index in [1.807, 2.05) is 43.3 Å². The van der Waals surface area contributed by atoms with Crippen LogP contribution in [0.25, 0.3) is 11.1 Å². The van der Waals surface area contributed by atoms with E-state index < -0.39 is 33.5 Å². The van der Waals surface area contributed by atoms with Crippen molar-refractivity contribution in [3.63, 3.8) is 0 Å². The van der Waals surface area contributed by atoms with Crippen molar-refractivity contribution in [2.45, 2.75) is 72.0 Å². The summed E-state index contributed by atoms with van der Waals surface area (Å²) in [6.45, 7) is 9.22. The summed E-state index contributed by atoms with van der Waals surface area (Å²) in [6.07, 6.45) is 2.08. The van der Waals surface area contributed by atoms with Gasteiger partial charge in [-0.3, -0.25) is 4.72 Å². The van der Waals surface area contributed by atoms with Crippen LogP contribution >= 0.6 is 0 Å². The lowest BCUT2D eigenvalue weighted by molar-refractivity contribution is -0.160. The van der Waals surface area contributed by atoms with Gasteiger partial charge in [0.2, 0.25) is 10.0 Å². The maximum Gasteiger partial charge on any atom is 0.337 e. The van der Waals surface area contributed by atoms with Crippen LogP contribution in [0.3, 0.4) is 0 Å². The number of nitrogens with one attached hydrogen (secondary N) is 1. The van der Waals surface area contributed by atoms with Gasteiger partial charge in [0.15, 0.2) is 17.7 Å². The first-order valence-electron chi connectivity index (χ1n) is 13.7. The zero-order chi connectivity index (χ0) is 30.1. The lowest BCUT2D eigenvalue weighted by Gasteiger charge is -2.31. The second-order valence-corrected chi connectivity index (χ2v) is 13.3. The fourth-order valence-corrected chi connectivity index (χ4v) is 6.15. The molecule has 9 heteroatoms. The highest BCUT2D eigenvalue weighted by Gasteiger charge is 2.34. The Morgan fingerprint density at radius 3 is 2.41 bits per heavy atom. The van der Waals surface area contributed by atoms with Crippen molar-refractivity contribution >= 4 is 21.7 Å². The monoisotopic (exact) mass is 583 g/mol. The molecule has 7 nitrogen and oxygen atoms in total. The molecule has 1 aliphatic rings. The van der Waals surface area contributed by atoms with Crippen molar-refractivity contribution in [3.8, 4) is 16.9 Å². The molecule has 0 radical (unpaired) electrons. The Morgan fingerprint density at radius 1 is 1.12 bits per heavy atom. The molecule has 0 aliphatic carbocycles. The van der Waals surface area contributed by atoms with Gasteiger partial charge in [-0.25, -0.2) is 17.6 Å². The Morgan fingerprint density at radius 2 is 1.80 bits per heavy atom. The number of fused-ring (bicyclic) bond motifs is 1. The molecule has 0 amide bonds. The first-order valence-corrected chi connectivity index (χ1v) is 15.6. The highest BCUT2D eigenvalue weighted by Crippen LogP contribution is 2.45. The minimum absolute atomic E-state index is 0.219. The van der Waals surface area contributed by atoms with Crippen LogP contribution in [-0.2, 0) is 38.8 Å². The molecule has 220 valence electrons. The van der Waals surface area contributed by atoms with Crippen LogP contribution in [0.4, 0.5) is 10.1 Å². The van der Waals surface area contributed by atoms with Gasteiger partial charge in [-0.05, 0) is 111 Å². The van der Waals surface area contributed by atoms with Crippen molar-refractivity contribution in [3.05, 3.63) is 81.7 Å². The van der Waals surface area contributed by atoms with Gasteiger partial charge >= 0.3 is 5.97 Å². The van der Waals surface area contributed by atoms with Crippen molar-refractivity contribution in [1.29, 1.82) is 0 Å². The van der Waals surface area contributed by atoms with E-state index in [1.165, 1.54) is 6.07 Å². The number of halogens is 1. The topological polar surface area (TPSA) is 102 Å². The van der Waals surface area contributed by atoms with Crippen LogP contribution in [0.15, 0.2) is 42.5 Å². The third-order valence-corrected chi connectivity index (χ3v) is 7.75. The molecular formula is C32H38FNO6S. The summed E-state index contributed by atoms with van der Waals surface area (Å²) in [4.78, 5) is 12.8. The molecule has 0 unspecified atom stereocenters. The Labute approximate surface area is 241 Å². The quantitative estimate of drug-likeness (QED) is 0.297. The fourth-order valence-electron chi connectivity index (χ4n) is 5.50. The minimum Gasteiger partial charge on any atom is -0.490 e. The largest absolute Gasteiger partial charge is 0.490 e. The Balaban J connectivity index is 2.06. The lowest BCUT2D eigenvalue weighted by atomic mass is 9.82. The van der Waals surface area contributed by atoms with Gasteiger partial charge < -0.3 is 14.6 Å². The van der Waals surface area contributed by atoms with Crippen molar-refractivity contribution in [1.82, 2.24) is 0 Å². The molecule has 2 N–H and O–H groups in total. The summed E-state index contributed by atoms with van der Waals surface area (Å²) in [7, 11) is -3.73. The number of carboxylic acid groups (broad SMARTS) is 1. The third kappa shape index (κ3) is 7.08. The molecule has 4 rings (SSSR count). The molecule has 0 bridgehead atoms. The van der Waals surface area contributed by atoms with E-state index in [4.69, 9.17) is 9.47 Å². The summed E-state index contributed by atoms with van der Waals surface area (Å²) in [5.41, 5.74) is 4.36. The number of hydrogen-bond donors (Lipinski definition) is 2. The Kier molecular flexibility index (Phi) is 8.80. The smallest absolute Gasteiger partial charge is 0.337 e. The van der Waals surface area contributed by atoms with Gasteiger partial charge in [0.25, 0.3) is 0 Å². The number of sulfonamides is 1. The van der Waals surface area contributed by atoms with E-state index in [0.29, 0.717) is 64.9 Å². The molecule has 0 saturated heterocycles. The zero-order valence-electron chi connectivity index (χ0n) is 24.4. The zero-order valence-corrected chi connectivity index (χ0v) is 25.2. The van der Waals surface area contributed by atoms with Gasteiger partial charge in [-0.2, -0.15) is 0 Å². The number of carbonyl (C=O) groups is 1. The normalized spacial score (nSPS) is 14.2. The number of aryl methyl sites for hydroxylation is 2. The summed E-state index contributed by atoms with van der Waals surface area (Å²) in [6, 6.07) is 13.0. The average molecular weight is 584 g/mol. The number of carboxylic acids is 1. The Bertz CT molecular complexity index is 1560. The van der Waals surface area contributed by atoms with E-state index in [-0.39, 0.29) is 11.3 Å². The predicted octanol–water partition coefficient (Wildman–Crippen LogP) is 6.53. The average Bonchev–Trinajstić information content (AvgIpc) is 2.88. The molecule has 0 fully saturated rings. The van der Waals surface area contributed by atoms with E-state index in [2.05, 4.69) is 4.72 Å². The highest BCUT2D eigenvalue weighted by molar-refractivity contribution is 7.92. The molecule has 3 aromatic rings. The van der Waals surface area contributed by atoms with Crippen LogP contribution in [-0.4, -0.2) is 38.0 Å². The number of hydrogen-bond acceptors (Lipinski definition) is 5. The Hall–Kier alpha value is -3.43. The summed E-state index contributed by atoms with van der Waals surface area (Å²) in [5.74, 6) is -1.53. The standard InChI is InChI=1S/C32H38FNO6S/c1-19-24(15-14-21-11-8-7-9-12-21)28(34-41(6,37)38)20(2)27(30(31(35)36)40-32(3,4)5)26(19)23-17-22-13-10-16-39-29(22)25(33)18-23/h7-9,11-12,17-18,30,34H,10,13-16H2,1-6H3,(H,35,36)/t30-/m0/s1. The number of benzene rings is 3. The molecule has 0 saturated carbocycles. The molecule has 0 aromatic heterocycles. The second kappa shape index (κ2) is 11.8. The van der Waals surface area contributed by atoms with Gasteiger partial charge in [0, 0.05) is 5.56 Å². The number of rotatable bonds is 9. The molecule has 3 aromatic carbocycles. The van der Waals surface area contributed by atoms with Gasteiger partial charge in [-0.1, -0.05) is 30.3 Å². The van der Waals surface area contributed by atoms with Gasteiger partial charge in [0.1, 0.15) is 0 Å².